The molecule has 4 rings (SSSR count). The van der Waals surface area contributed by atoms with Gasteiger partial charge < -0.3 is 18.8 Å². The van der Waals surface area contributed by atoms with Crippen molar-refractivity contribution in [3.8, 4) is 11.4 Å². The smallest absolute Gasteiger partial charge is 0.171 e. The number of methoxy groups -OCH3 is 1. The zero-order valence-electron chi connectivity index (χ0n) is 17.0. The first-order valence-electron chi connectivity index (χ1n) is 9.87. The summed E-state index contributed by atoms with van der Waals surface area (Å²) in [6, 6.07) is 11.0. The summed E-state index contributed by atoms with van der Waals surface area (Å²) >= 11 is 6.29. The molecule has 30 heavy (non-hydrogen) atoms. The normalized spacial score (nSPS) is 15.9. The molecular formula is C23H24ClFN2O3. The lowest BCUT2D eigenvalue weighted by molar-refractivity contribution is -0.0967. The van der Waals surface area contributed by atoms with Crippen molar-refractivity contribution in [2.45, 2.75) is 32.0 Å². The first kappa shape index (κ1) is 20.8. The molecule has 1 saturated heterocycles. The maximum Gasteiger partial charge on any atom is 0.171 e. The number of aryl methyl sites for hydroxylation is 1. The first-order valence-corrected chi connectivity index (χ1v) is 10.2. The van der Waals surface area contributed by atoms with Gasteiger partial charge in [0.1, 0.15) is 18.0 Å². The van der Waals surface area contributed by atoms with E-state index in [9.17, 15) is 0 Å². The van der Waals surface area contributed by atoms with Crippen molar-refractivity contribution < 1.29 is 18.6 Å². The Kier molecular flexibility index (Phi) is 6.09. The molecule has 158 valence electrons. The number of hydrogen-bond donors (Lipinski definition) is 0. The summed E-state index contributed by atoms with van der Waals surface area (Å²) in [6.45, 7) is 3.20. The van der Waals surface area contributed by atoms with Crippen LogP contribution in [0.15, 0.2) is 48.8 Å². The summed E-state index contributed by atoms with van der Waals surface area (Å²) in [4.78, 5) is 4.23. The Hall–Kier alpha value is -2.41. The Morgan fingerprint density at radius 1 is 1.20 bits per heavy atom. The summed E-state index contributed by atoms with van der Waals surface area (Å²) in [5, 5.41) is 0.412. The van der Waals surface area contributed by atoms with Crippen LogP contribution >= 0.6 is 11.6 Å². The van der Waals surface area contributed by atoms with Crippen molar-refractivity contribution in [2.24, 2.45) is 0 Å². The number of rotatable bonds is 6. The third kappa shape index (κ3) is 4.08. The Bertz CT molecular complexity index is 1010. The standard InChI is InChI=1S/C23H24ClFN2O3/c1-16-26-9-10-27(16)19-5-3-17(4-6-19)15-30-21-14-18(24)13-20(22(21)25)23(28-2)7-11-29-12-8-23/h3-6,9-10,13-14H,7-8,11-12,15H2,1-2H3. The number of halogens is 2. The number of nitrogens with zero attached hydrogens (tertiary/aromatic N) is 2. The molecule has 1 aliphatic heterocycles. The molecule has 0 N–H and O–H groups in total. The predicted octanol–water partition coefficient (Wildman–Crippen LogP) is 5.20. The van der Waals surface area contributed by atoms with Crippen LogP contribution in [0.3, 0.4) is 0 Å². The van der Waals surface area contributed by atoms with Gasteiger partial charge in [0.05, 0.1) is 0 Å². The molecule has 2 heterocycles. The highest BCUT2D eigenvalue weighted by Gasteiger charge is 2.38. The van der Waals surface area contributed by atoms with Crippen molar-refractivity contribution in [1.29, 1.82) is 0 Å². The van der Waals surface area contributed by atoms with E-state index in [0.717, 1.165) is 17.1 Å². The fraction of sp³-hybridized carbons (Fsp3) is 0.348. The minimum atomic E-state index is -0.754. The van der Waals surface area contributed by atoms with Crippen LogP contribution < -0.4 is 4.74 Å². The third-order valence-corrected chi connectivity index (χ3v) is 5.84. The van der Waals surface area contributed by atoms with E-state index in [2.05, 4.69) is 4.98 Å². The molecule has 1 aromatic heterocycles. The van der Waals surface area contributed by atoms with Crippen LogP contribution in [0.5, 0.6) is 5.75 Å². The van der Waals surface area contributed by atoms with Crippen LogP contribution in [0.4, 0.5) is 4.39 Å². The Balaban J connectivity index is 1.54. The molecule has 1 fully saturated rings. The van der Waals surface area contributed by atoms with Gasteiger partial charge in [0.25, 0.3) is 0 Å². The number of benzene rings is 2. The zero-order valence-corrected chi connectivity index (χ0v) is 17.8. The monoisotopic (exact) mass is 430 g/mol. The van der Waals surface area contributed by atoms with Crippen molar-refractivity contribution in [3.63, 3.8) is 0 Å². The summed E-state index contributed by atoms with van der Waals surface area (Å²) in [7, 11) is 1.59. The highest BCUT2D eigenvalue weighted by Crippen LogP contribution is 2.41. The molecule has 0 amide bonds. The molecule has 0 aliphatic carbocycles. The molecule has 0 atom stereocenters. The lowest BCUT2D eigenvalue weighted by Gasteiger charge is -2.36. The van der Waals surface area contributed by atoms with Gasteiger partial charge in [0, 0.05) is 67.9 Å². The lowest BCUT2D eigenvalue weighted by atomic mass is 9.85. The van der Waals surface area contributed by atoms with Gasteiger partial charge in [-0.1, -0.05) is 23.7 Å². The van der Waals surface area contributed by atoms with E-state index in [1.807, 2.05) is 42.0 Å². The van der Waals surface area contributed by atoms with Gasteiger partial charge in [-0.2, -0.15) is 0 Å². The van der Waals surface area contributed by atoms with Crippen LogP contribution in [0.2, 0.25) is 5.02 Å². The van der Waals surface area contributed by atoms with Gasteiger partial charge >= 0.3 is 0 Å². The molecule has 0 spiro atoms. The molecule has 5 nitrogen and oxygen atoms in total. The number of hydrogen-bond acceptors (Lipinski definition) is 4. The molecular weight excluding hydrogens is 407 g/mol. The fourth-order valence-electron chi connectivity index (χ4n) is 3.85. The second-order valence-electron chi connectivity index (χ2n) is 7.38. The van der Waals surface area contributed by atoms with Crippen molar-refractivity contribution in [1.82, 2.24) is 9.55 Å². The van der Waals surface area contributed by atoms with Gasteiger partial charge in [-0.3, -0.25) is 0 Å². The van der Waals surface area contributed by atoms with Crippen LogP contribution in [0.25, 0.3) is 5.69 Å². The van der Waals surface area contributed by atoms with Gasteiger partial charge in [-0.25, -0.2) is 9.37 Å². The van der Waals surface area contributed by atoms with E-state index < -0.39 is 11.4 Å². The summed E-state index contributed by atoms with van der Waals surface area (Å²) < 4.78 is 34.3. The molecule has 1 aliphatic rings. The third-order valence-electron chi connectivity index (χ3n) is 5.62. The van der Waals surface area contributed by atoms with E-state index in [1.54, 1.807) is 19.4 Å². The summed E-state index contributed by atoms with van der Waals surface area (Å²) in [5.41, 5.74) is 1.59. The second kappa shape index (κ2) is 8.76. The van der Waals surface area contributed by atoms with Gasteiger partial charge in [0.15, 0.2) is 11.6 Å². The number of aromatic nitrogens is 2. The Morgan fingerprint density at radius 2 is 1.93 bits per heavy atom. The molecule has 3 aromatic rings. The maximum atomic E-state index is 15.4. The van der Waals surface area contributed by atoms with Gasteiger partial charge in [-0.15, -0.1) is 0 Å². The van der Waals surface area contributed by atoms with Crippen LogP contribution in [-0.2, 0) is 21.7 Å². The van der Waals surface area contributed by atoms with Crippen LogP contribution in [-0.4, -0.2) is 29.9 Å². The lowest BCUT2D eigenvalue weighted by Crippen LogP contribution is -2.36. The first-order chi connectivity index (χ1) is 14.5. The highest BCUT2D eigenvalue weighted by atomic mass is 35.5. The van der Waals surface area contributed by atoms with Crippen molar-refractivity contribution >= 4 is 11.6 Å². The summed E-state index contributed by atoms with van der Waals surface area (Å²) in [6.07, 6.45) is 4.80. The largest absolute Gasteiger partial charge is 0.486 e. The van der Waals surface area contributed by atoms with Crippen molar-refractivity contribution in [2.75, 3.05) is 20.3 Å². The highest BCUT2D eigenvalue weighted by molar-refractivity contribution is 6.30. The minimum Gasteiger partial charge on any atom is -0.486 e. The van der Waals surface area contributed by atoms with E-state index >= 15 is 4.39 Å². The predicted molar refractivity (Wildman–Crippen MR) is 113 cm³/mol. The van der Waals surface area contributed by atoms with E-state index in [-0.39, 0.29) is 12.4 Å². The number of ether oxygens (including phenoxy) is 3. The molecule has 2 aromatic carbocycles. The van der Waals surface area contributed by atoms with E-state index in [0.29, 0.717) is 36.6 Å². The summed E-state index contributed by atoms with van der Waals surface area (Å²) in [5.74, 6) is 0.594. The molecule has 0 radical (unpaired) electrons. The average molecular weight is 431 g/mol. The average Bonchev–Trinajstić information content (AvgIpc) is 3.20. The molecule has 0 saturated carbocycles. The fourth-order valence-corrected chi connectivity index (χ4v) is 4.06. The minimum absolute atomic E-state index is 0.120. The van der Waals surface area contributed by atoms with E-state index in [1.165, 1.54) is 6.07 Å². The second-order valence-corrected chi connectivity index (χ2v) is 7.81. The van der Waals surface area contributed by atoms with Gasteiger partial charge in [0.2, 0.25) is 0 Å². The Labute approximate surface area is 180 Å². The molecule has 0 bridgehead atoms. The Morgan fingerprint density at radius 3 is 2.57 bits per heavy atom. The van der Waals surface area contributed by atoms with Gasteiger partial charge in [-0.05, 0) is 30.7 Å². The zero-order chi connectivity index (χ0) is 21.1. The molecule has 0 unspecified atom stereocenters. The topological polar surface area (TPSA) is 45.5 Å². The quantitative estimate of drug-likeness (QED) is 0.539. The number of imidazole rings is 1. The van der Waals surface area contributed by atoms with E-state index in [4.69, 9.17) is 25.8 Å². The van der Waals surface area contributed by atoms with Crippen LogP contribution in [0, 0.1) is 12.7 Å². The SMILES string of the molecule is COC1(c2cc(Cl)cc(OCc3ccc(-n4ccnc4C)cc3)c2F)CCOCC1. The van der Waals surface area contributed by atoms with Crippen molar-refractivity contribution in [3.05, 3.63) is 76.6 Å². The maximum absolute atomic E-state index is 15.4. The molecule has 7 heteroatoms. The van der Waals surface area contributed by atoms with Crippen LogP contribution in [0.1, 0.15) is 29.8 Å².